The third kappa shape index (κ3) is 5.93. The second-order valence-corrected chi connectivity index (χ2v) is 10.3. The van der Waals surface area contributed by atoms with E-state index in [1.807, 2.05) is 35.7 Å². The number of rotatable bonds is 8. The highest BCUT2D eigenvalue weighted by atomic mass is 35.5. The number of carbonyl (C=O) groups is 2. The van der Waals surface area contributed by atoms with E-state index in [2.05, 4.69) is 15.3 Å². The van der Waals surface area contributed by atoms with Crippen molar-refractivity contribution in [3.8, 4) is 11.3 Å². The van der Waals surface area contributed by atoms with Gasteiger partial charge >= 0.3 is 11.9 Å². The lowest BCUT2D eigenvalue weighted by molar-refractivity contribution is -0.146. The Bertz CT molecular complexity index is 1430. The number of thiazole rings is 1. The monoisotopic (exact) mass is 571 g/mol. The van der Waals surface area contributed by atoms with Crippen LogP contribution in [0.3, 0.4) is 0 Å². The average Bonchev–Trinajstić information content (AvgIpc) is 3.31. The van der Waals surface area contributed by atoms with Gasteiger partial charge in [-0.15, -0.1) is 11.3 Å². The molecule has 1 aliphatic rings. The molecule has 2 heterocycles. The molecule has 2 unspecified atom stereocenters. The Kier molecular flexibility index (Phi) is 8.87. The van der Waals surface area contributed by atoms with Crippen molar-refractivity contribution in [3.05, 3.63) is 74.7 Å². The van der Waals surface area contributed by atoms with Gasteiger partial charge in [0, 0.05) is 39.0 Å². The van der Waals surface area contributed by atoms with E-state index >= 15 is 0 Å². The lowest BCUT2D eigenvalue weighted by Gasteiger charge is -2.31. The topological polar surface area (TPSA) is 89.9 Å². The van der Waals surface area contributed by atoms with Crippen LogP contribution in [0.2, 0.25) is 10.0 Å². The summed E-state index contributed by atoms with van der Waals surface area (Å²) in [5.41, 5.74) is 4.46. The number of allylic oxidation sites excluding steroid dienone is 1. The molecule has 0 saturated carbocycles. The number of anilines is 2. The number of nitrogens with zero attached hydrogens (tertiary/aromatic N) is 2. The van der Waals surface area contributed by atoms with Crippen LogP contribution in [0.4, 0.5) is 10.8 Å². The molecule has 0 fully saturated rings. The first-order chi connectivity index (χ1) is 18.2. The predicted octanol–water partition coefficient (Wildman–Crippen LogP) is 7.44. The van der Waals surface area contributed by atoms with E-state index in [0.717, 1.165) is 22.5 Å². The average molecular weight is 573 g/mol. The number of aromatic nitrogens is 1. The predicted molar refractivity (Wildman–Crippen MR) is 153 cm³/mol. The van der Waals surface area contributed by atoms with E-state index in [9.17, 15) is 9.59 Å². The van der Waals surface area contributed by atoms with Gasteiger partial charge in [0.15, 0.2) is 5.13 Å². The summed E-state index contributed by atoms with van der Waals surface area (Å²) in [6, 6.07) is 12.8. The zero-order chi connectivity index (χ0) is 27.4. The highest BCUT2D eigenvalue weighted by molar-refractivity contribution is 7.14. The molecule has 1 aliphatic heterocycles. The number of hydrogen-bond donors (Lipinski definition) is 1. The Morgan fingerprint density at radius 2 is 1.82 bits per heavy atom. The molecule has 38 heavy (non-hydrogen) atoms. The number of carbonyl (C=O) groups excluding carboxylic acids is 2. The number of ether oxygens (including phenoxy) is 2. The van der Waals surface area contributed by atoms with Crippen molar-refractivity contribution in [3.63, 3.8) is 0 Å². The van der Waals surface area contributed by atoms with Crippen LogP contribution < -0.4 is 5.32 Å². The van der Waals surface area contributed by atoms with Crippen molar-refractivity contribution in [2.45, 2.75) is 33.6 Å². The summed E-state index contributed by atoms with van der Waals surface area (Å²) in [4.78, 5) is 35.3. The second-order valence-electron chi connectivity index (χ2n) is 8.59. The van der Waals surface area contributed by atoms with Crippen molar-refractivity contribution in [2.24, 2.45) is 10.9 Å². The largest absolute Gasteiger partial charge is 0.465 e. The second kappa shape index (κ2) is 12.1. The van der Waals surface area contributed by atoms with Crippen molar-refractivity contribution in [1.82, 2.24) is 4.98 Å². The van der Waals surface area contributed by atoms with Crippen molar-refractivity contribution in [2.75, 3.05) is 18.5 Å². The van der Waals surface area contributed by atoms with E-state index in [0.29, 0.717) is 32.2 Å². The third-order valence-electron chi connectivity index (χ3n) is 6.07. The molecule has 198 valence electrons. The molecule has 0 aliphatic carbocycles. The van der Waals surface area contributed by atoms with Crippen LogP contribution in [0.25, 0.3) is 11.3 Å². The Balaban J connectivity index is 1.69. The van der Waals surface area contributed by atoms with Gasteiger partial charge in [0.1, 0.15) is 5.92 Å². The van der Waals surface area contributed by atoms with E-state index in [1.165, 1.54) is 11.3 Å². The summed E-state index contributed by atoms with van der Waals surface area (Å²) in [7, 11) is 0. The van der Waals surface area contributed by atoms with E-state index < -0.39 is 23.8 Å². The molecular formula is C28H27Cl2N3O4S. The van der Waals surface area contributed by atoms with Crippen LogP contribution in [0.1, 0.15) is 39.2 Å². The molecule has 0 radical (unpaired) electrons. The molecule has 10 heteroatoms. The van der Waals surface area contributed by atoms with Crippen LogP contribution in [-0.4, -0.2) is 35.8 Å². The van der Waals surface area contributed by atoms with Gasteiger partial charge in [0.05, 0.1) is 29.5 Å². The van der Waals surface area contributed by atoms with Crippen LogP contribution >= 0.6 is 34.5 Å². The third-order valence-corrected chi connectivity index (χ3v) is 7.38. The highest BCUT2D eigenvalue weighted by Gasteiger charge is 2.42. The number of nitrogens with one attached hydrogen (secondary N) is 1. The summed E-state index contributed by atoms with van der Waals surface area (Å²) in [6.45, 7) is 7.46. The first kappa shape index (κ1) is 27.8. The number of aliphatic imine (C=N–C) groups is 1. The summed E-state index contributed by atoms with van der Waals surface area (Å²) in [5, 5.41) is 6.96. The van der Waals surface area contributed by atoms with Crippen LogP contribution in [0.5, 0.6) is 0 Å². The van der Waals surface area contributed by atoms with Gasteiger partial charge < -0.3 is 14.8 Å². The molecule has 1 aromatic heterocycles. The number of halogens is 2. The molecule has 2 atom stereocenters. The normalized spacial score (nSPS) is 17.2. The summed E-state index contributed by atoms with van der Waals surface area (Å²) in [5.74, 6) is -2.31. The number of benzene rings is 2. The minimum absolute atomic E-state index is 0.209. The van der Waals surface area contributed by atoms with Gasteiger partial charge in [-0.3, -0.25) is 9.79 Å². The molecular weight excluding hydrogens is 545 g/mol. The van der Waals surface area contributed by atoms with Crippen LogP contribution in [0.15, 0.2) is 64.1 Å². The summed E-state index contributed by atoms with van der Waals surface area (Å²) < 4.78 is 10.7. The first-order valence-electron chi connectivity index (χ1n) is 12.1. The number of esters is 2. The van der Waals surface area contributed by atoms with Gasteiger partial charge in [-0.25, -0.2) is 9.78 Å². The summed E-state index contributed by atoms with van der Waals surface area (Å²) >= 11 is 13.8. The van der Waals surface area contributed by atoms with Crippen LogP contribution in [-0.2, 0) is 19.1 Å². The molecule has 0 spiro atoms. The van der Waals surface area contributed by atoms with Crippen molar-refractivity contribution < 1.29 is 19.1 Å². The van der Waals surface area contributed by atoms with E-state index in [-0.39, 0.29) is 13.2 Å². The molecule has 1 N–H and O–H groups in total. The van der Waals surface area contributed by atoms with Gasteiger partial charge in [0.2, 0.25) is 0 Å². The molecule has 0 bridgehead atoms. The maximum atomic E-state index is 13.1. The maximum Gasteiger partial charge on any atom is 0.336 e. The molecule has 0 saturated heterocycles. The minimum Gasteiger partial charge on any atom is -0.465 e. The summed E-state index contributed by atoms with van der Waals surface area (Å²) in [6.07, 6.45) is 0. The SMILES string of the molecule is CCOC(=O)C1=C(C)N=C(C)C(C(=O)OCC)C1c1cccc(Nc2nc(-c3ccc(Cl)cc3Cl)cs2)c1. The van der Waals surface area contributed by atoms with Gasteiger partial charge in [-0.1, -0.05) is 35.3 Å². The Hall–Kier alpha value is -3.20. The number of hydrogen-bond acceptors (Lipinski definition) is 8. The minimum atomic E-state index is -0.758. The van der Waals surface area contributed by atoms with Crippen LogP contribution in [0, 0.1) is 5.92 Å². The zero-order valence-electron chi connectivity index (χ0n) is 21.4. The van der Waals surface area contributed by atoms with Gasteiger partial charge in [-0.05, 0) is 63.6 Å². The Morgan fingerprint density at radius 3 is 2.53 bits per heavy atom. The quantitative estimate of drug-likeness (QED) is 0.282. The zero-order valence-corrected chi connectivity index (χ0v) is 23.7. The Labute approximate surface area is 235 Å². The molecule has 2 aromatic carbocycles. The lowest BCUT2D eigenvalue weighted by Crippen LogP contribution is -2.36. The Morgan fingerprint density at radius 1 is 1.05 bits per heavy atom. The van der Waals surface area contributed by atoms with Gasteiger partial charge in [-0.2, -0.15) is 0 Å². The smallest absolute Gasteiger partial charge is 0.336 e. The van der Waals surface area contributed by atoms with E-state index in [4.69, 9.17) is 32.7 Å². The fourth-order valence-corrected chi connectivity index (χ4v) is 5.73. The molecule has 7 nitrogen and oxygen atoms in total. The standard InChI is InChI=1S/C28H27Cl2N3O4S/c1-5-36-26(34)23-15(3)31-16(4)24(27(35)37-6-2)25(23)17-8-7-9-19(12-17)32-28-33-22(14-38-28)20-11-10-18(29)13-21(20)30/h7-14,23,25H,5-6H2,1-4H3,(H,32,33). The highest BCUT2D eigenvalue weighted by Crippen LogP contribution is 2.41. The molecule has 3 aromatic rings. The van der Waals surface area contributed by atoms with Crippen molar-refractivity contribution in [1.29, 1.82) is 0 Å². The lowest BCUT2D eigenvalue weighted by atomic mass is 9.75. The van der Waals surface area contributed by atoms with Crippen molar-refractivity contribution >= 4 is 63.0 Å². The fourth-order valence-electron chi connectivity index (χ4n) is 4.49. The maximum absolute atomic E-state index is 13.1. The fraction of sp³-hybridized carbons (Fsp3) is 0.286. The first-order valence-corrected chi connectivity index (χ1v) is 13.7. The molecule has 0 amide bonds. The molecule has 4 rings (SSSR count). The van der Waals surface area contributed by atoms with Gasteiger partial charge in [0.25, 0.3) is 0 Å². The van der Waals surface area contributed by atoms with E-state index in [1.54, 1.807) is 39.8 Å².